The zero-order valence-corrected chi connectivity index (χ0v) is 25.3. The molecule has 0 bridgehead atoms. The number of ether oxygens (including phenoxy) is 3. The summed E-state index contributed by atoms with van der Waals surface area (Å²) in [6.45, 7) is 7.09. The van der Waals surface area contributed by atoms with Gasteiger partial charge in [0, 0.05) is 32.0 Å². The van der Waals surface area contributed by atoms with Crippen LogP contribution in [0.3, 0.4) is 0 Å². The van der Waals surface area contributed by atoms with Crippen molar-refractivity contribution in [3.05, 3.63) is 45.6 Å². The molecule has 9 heteroatoms. The molecule has 0 aromatic heterocycles. The highest BCUT2D eigenvalue weighted by atomic mass is 16.5. The first-order valence-corrected chi connectivity index (χ1v) is 14.5. The number of anilines is 1. The Bertz CT molecular complexity index is 1280. The van der Waals surface area contributed by atoms with E-state index in [1.807, 2.05) is 12.1 Å². The van der Waals surface area contributed by atoms with Crippen molar-refractivity contribution in [3.8, 4) is 28.4 Å². The average Bonchev–Trinajstić information content (AvgIpc) is 3.17. The van der Waals surface area contributed by atoms with E-state index in [1.165, 1.54) is 6.92 Å². The third-order valence-corrected chi connectivity index (χ3v) is 7.36. The predicted octanol–water partition coefficient (Wildman–Crippen LogP) is 5.00. The topological polar surface area (TPSA) is 115 Å². The van der Waals surface area contributed by atoms with Gasteiger partial charge in [-0.2, -0.15) is 0 Å². The molecular formula is C32H45N3O6. The van der Waals surface area contributed by atoms with E-state index in [2.05, 4.69) is 29.8 Å². The second-order valence-corrected chi connectivity index (χ2v) is 10.9. The third-order valence-electron chi connectivity index (χ3n) is 7.36. The first-order valence-electron chi connectivity index (χ1n) is 14.5. The summed E-state index contributed by atoms with van der Waals surface area (Å²) in [6.07, 6.45) is 5.26. The van der Waals surface area contributed by atoms with Gasteiger partial charge in [-0.05, 0) is 72.9 Å². The van der Waals surface area contributed by atoms with E-state index in [1.54, 1.807) is 33.5 Å². The molecule has 2 aromatic rings. The van der Waals surface area contributed by atoms with Gasteiger partial charge in [0.2, 0.25) is 23.0 Å². The first kappa shape index (κ1) is 31.8. The standard InChI is InChI=1S/C32H45N3O6/c1-20(2)15-17-34-29(38)10-8-7-9-16-33-26-14-12-23-24(19-27(26)37)25(35-21(3)36)13-11-22-18-28(39-4)31(40-5)32(41-6)30(22)23/h12,14,18-20,25H,7-11,13,15-17H2,1-6H3,(H,33,37)(H,34,38)(H,35,36)/t25-/m0/s1. The molecule has 0 spiro atoms. The van der Waals surface area contributed by atoms with Gasteiger partial charge in [-0.1, -0.05) is 26.3 Å². The van der Waals surface area contributed by atoms with Gasteiger partial charge >= 0.3 is 0 Å². The quantitative estimate of drug-likeness (QED) is 0.275. The number of aryl methyl sites for hydroxylation is 1. The van der Waals surface area contributed by atoms with E-state index in [-0.39, 0.29) is 23.3 Å². The fraction of sp³-hybridized carbons (Fsp3) is 0.531. The Labute approximate surface area is 243 Å². The van der Waals surface area contributed by atoms with Crippen LogP contribution in [0.2, 0.25) is 0 Å². The molecule has 41 heavy (non-hydrogen) atoms. The van der Waals surface area contributed by atoms with Gasteiger partial charge in [-0.15, -0.1) is 0 Å². The number of carbonyl (C=O) groups excluding carboxylic acids is 2. The lowest BCUT2D eigenvalue weighted by Gasteiger charge is -2.19. The first-order chi connectivity index (χ1) is 19.7. The predicted molar refractivity (Wildman–Crippen MR) is 162 cm³/mol. The molecule has 1 aliphatic rings. The molecule has 9 nitrogen and oxygen atoms in total. The monoisotopic (exact) mass is 567 g/mol. The van der Waals surface area contributed by atoms with E-state index in [4.69, 9.17) is 14.2 Å². The maximum atomic E-state index is 13.4. The molecular weight excluding hydrogens is 522 g/mol. The van der Waals surface area contributed by atoms with Gasteiger partial charge in [0.25, 0.3) is 0 Å². The molecule has 0 radical (unpaired) electrons. The highest BCUT2D eigenvalue weighted by molar-refractivity contribution is 5.83. The third kappa shape index (κ3) is 8.38. The Morgan fingerprint density at radius 2 is 1.73 bits per heavy atom. The second-order valence-electron chi connectivity index (χ2n) is 10.9. The largest absolute Gasteiger partial charge is 0.493 e. The van der Waals surface area contributed by atoms with Gasteiger partial charge in [0.1, 0.15) is 0 Å². The van der Waals surface area contributed by atoms with Crippen molar-refractivity contribution >= 4 is 17.5 Å². The summed E-state index contributed by atoms with van der Waals surface area (Å²) >= 11 is 0. The van der Waals surface area contributed by atoms with Crippen LogP contribution in [0.4, 0.5) is 5.69 Å². The zero-order chi connectivity index (χ0) is 29.9. The van der Waals surface area contributed by atoms with Crippen molar-refractivity contribution in [1.82, 2.24) is 10.6 Å². The number of nitrogens with one attached hydrogen (secondary N) is 3. The molecule has 0 fully saturated rings. The fourth-order valence-electron chi connectivity index (χ4n) is 5.25. The Morgan fingerprint density at radius 1 is 0.976 bits per heavy atom. The molecule has 3 N–H and O–H groups in total. The van der Waals surface area contributed by atoms with Gasteiger partial charge in [0.15, 0.2) is 11.5 Å². The summed E-state index contributed by atoms with van der Waals surface area (Å²) in [4.78, 5) is 37.5. The molecule has 0 saturated carbocycles. The number of hydrogen-bond donors (Lipinski definition) is 3. The molecule has 0 saturated heterocycles. The number of carbonyl (C=O) groups is 2. The molecule has 0 unspecified atom stereocenters. The number of hydrogen-bond acceptors (Lipinski definition) is 7. The van der Waals surface area contributed by atoms with Crippen LogP contribution < -0.4 is 35.6 Å². The minimum atomic E-state index is -0.351. The Hall–Kier alpha value is -3.75. The van der Waals surface area contributed by atoms with Crippen molar-refractivity contribution in [2.75, 3.05) is 39.7 Å². The summed E-state index contributed by atoms with van der Waals surface area (Å²) in [7, 11) is 4.73. The van der Waals surface area contributed by atoms with Crippen LogP contribution in [-0.4, -0.2) is 46.2 Å². The van der Waals surface area contributed by atoms with Crippen LogP contribution in [0.25, 0.3) is 11.1 Å². The minimum Gasteiger partial charge on any atom is -0.493 e. The van der Waals surface area contributed by atoms with Gasteiger partial charge in [-0.3, -0.25) is 14.4 Å². The lowest BCUT2D eigenvalue weighted by atomic mass is 9.95. The number of unbranched alkanes of at least 4 members (excludes halogenated alkanes) is 2. The van der Waals surface area contributed by atoms with Crippen LogP contribution in [0.1, 0.15) is 76.5 Å². The molecule has 1 atom stereocenters. The van der Waals surface area contributed by atoms with E-state index >= 15 is 0 Å². The Balaban J connectivity index is 1.83. The number of rotatable bonds is 14. The highest BCUT2D eigenvalue weighted by Crippen LogP contribution is 2.50. The van der Waals surface area contributed by atoms with E-state index in [0.717, 1.165) is 54.5 Å². The SMILES string of the molecule is COc1cc2c(c(OC)c1OC)-c1ccc(NCCCCCC(=O)NCCC(C)C)c(=O)cc1[C@@H](NC(C)=O)CC2. The summed E-state index contributed by atoms with van der Waals surface area (Å²) in [5.41, 5.74) is 3.64. The van der Waals surface area contributed by atoms with E-state index in [9.17, 15) is 14.4 Å². The van der Waals surface area contributed by atoms with Crippen molar-refractivity contribution in [2.24, 2.45) is 5.92 Å². The van der Waals surface area contributed by atoms with Crippen molar-refractivity contribution in [3.63, 3.8) is 0 Å². The van der Waals surface area contributed by atoms with Crippen molar-refractivity contribution in [2.45, 2.75) is 71.8 Å². The second kappa shape index (κ2) is 15.3. The average molecular weight is 568 g/mol. The molecule has 0 heterocycles. The van der Waals surface area contributed by atoms with Crippen LogP contribution in [0.5, 0.6) is 17.2 Å². The fourth-order valence-corrected chi connectivity index (χ4v) is 5.25. The van der Waals surface area contributed by atoms with Gasteiger partial charge in [0.05, 0.1) is 33.1 Å². The Kier molecular flexibility index (Phi) is 11.9. The normalized spacial score (nSPS) is 13.9. The molecule has 3 rings (SSSR count). The molecule has 2 amide bonds. The van der Waals surface area contributed by atoms with Crippen LogP contribution >= 0.6 is 0 Å². The van der Waals surface area contributed by atoms with Crippen LogP contribution in [-0.2, 0) is 16.0 Å². The van der Waals surface area contributed by atoms with Gasteiger partial charge < -0.3 is 30.2 Å². The maximum absolute atomic E-state index is 13.4. The molecule has 0 aliphatic heterocycles. The lowest BCUT2D eigenvalue weighted by molar-refractivity contribution is -0.121. The maximum Gasteiger partial charge on any atom is 0.219 e. The van der Waals surface area contributed by atoms with Crippen LogP contribution in [0, 0.1) is 5.92 Å². The highest BCUT2D eigenvalue weighted by Gasteiger charge is 2.29. The van der Waals surface area contributed by atoms with E-state index in [0.29, 0.717) is 54.7 Å². The van der Waals surface area contributed by atoms with Gasteiger partial charge in [-0.25, -0.2) is 0 Å². The molecule has 2 aromatic carbocycles. The Morgan fingerprint density at radius 3 is 2.39 bits per heavy atom. The van der Waals surface area contributed by atoms with Crippen molar-refractivity contribution in [1.29, 1.82) is 0 Å². The minimum absolute atomic E-state index is 0.0933. The molecule has 1 aliphatic carbocycles. The number of benzene rings is 1. The lowest BCUT2D eigenvalue weighted by Crippen LogP contribution is -2.26. The summed E-state index contributed by atoms with van der Waals surface area (Å²) in [5, 5.41) is 9.28. The summed E-state index contributed by atoms with van der Waals surface area (Å²) in [6, 6.07) is 6.90. The summed E-state index contributed by atoms with van der Waals surface area (Å²) in [5.74, 6) is 2.05. The molecule has 224 valence electrons. The smallest absolute Gasteiger partial charge is 0.219 e. The van der Waals surface area contributed by atoms with Crippen molar-refractivity contribution < 1.29 is 23.8 Å². The zero-order valence-electron chi connectivity index (χ0n) is 25.3. The van der Waals surface area contributed by atoms with E-state index < -0.39 is 0 Å². The van der Waals surface area contributed by atoms with Crippen LogP contribution in [0.15, 0.2) is 29.1 Å². The number of amides is 2. The number of fused-ring (bicyclic) bond motifs is 3. The summed E-state index contributed by atoms with van der Waals surface area (Å²) < 4.78 is 17.1. The number of methoxy groups -OCH3 is 3.